The van der Waals surface area contributed by atoms with Crippen molar-refractivity contribution in [3.8, 4) is 0 Å². The first-order chi connectivity index (χ1) is 8.16. The summed E-state index contributed by atoms with van der Waals surface area (Å²) in [6.45, 7) is 3.78. The van der Waals surface area contributed by atoms with Crippen LogP contribution in [0, 0.1) is 6.92 Å². The molecule has 1 nitrogen and oxygen atoms in total. The van der Waals surface area contributed by atoms with Gasteiger partial charge in [-0.05, 0) is 74.3 Å². The largest absolute Gasteiger partial charge is 0.295 e. The van der Waals surface area contributed by atoms with Crippen LogP contribution >= 0.6 is 0 Å². The normalized spacial score (nSPS) is 18.0. The molecule has 2 aliphatic carbocycles. The number of rotatable bonds is 1. The van der Waals surface area contributed by atoms with Crippen molar-refractivity contribution in [2.24, 2.45) is 0 Å². The molecule has 3 rings (SSSR count). The van der Waals surface area contributed by atoms with E-state index in [1.807, 2.05) is 0 Å². The molecule has 0 saturated heterocycles. The molecule has 0 bridgehead atoms. The van der Waals surface area contributed by atoms with E-state index in [1.54, 1.807) is 18.1 Å². The molecule has 1 heteroatoms. The van der Waals surface area contributed by atoms with Gasteiger partial charge in [-0.25, -0.2) is 0 Å². The van der Waals surface area contributed by atoms with Crippen LogP contribution in [0.15, 0.2) is 17.7 Å². The minimum atomic E-state index is 0.213. The highest BCUT2D eigenvalue weighted by Gasteiger charge is 2.26. The van der Waals surface area contributed by atoms with Crippen LogP contribution in [0.4, 0.5) is 0 Å². The van der Waals surface area contributed by atoms with Crippen molar-refractivity contribution in [2.45, 2.75) is 46.0 Å². The van der Waals surface area contributed by atoms with Crippen LogP contribution in [0.1, 0.15) is 59.7 Å². The zero-order chi connectivity index (χ0) is 12.0. The number of aryl methyl sites for hydroxylation is 1. The number of benzene rings is 1. The van der Waals surface area contributed by atoms with Gasteiger partial charge in [0.15, 0.2) is 5.78 Å². The van der Waals surface area contributed by atoms with Crippen molar-refractivity contribution in [1.29, 1.82) is 0 Å². The molecule has 0 unspecified atom stereocenters. The molecule has 0 fully saturated rings. The Balaban J connectivity index is 2.18. The molecular formula is C16H18O. The van der Waals surface area contributed by atoms with Crippen LogP contribution in [0.25, 0.3) is 5.57 Å². The summed E-state index contributed by atoms with van der Waals surface area (Å²) in [6.07, 6.45) is 6.10. The summed E-state index contributed by atoms with van der Waals surface area (Å²) in [4.78, 5) is 11.7. The van der Waals surface area contributed by atoms with Crippen molar-refractivity contribution in [3.05, 3.63) is 40.0 Å². The molecule has 0 radical (unpaired) electrons. The highest BCUT2D eigenvalue weighted by Crippen LogP contribution is 2.43. The van der Waals surface area contributed by atoms with Crippen molar-refractivity contribution >= 4 is 11.4 Å². The molecule has 0 spiro atoms. The number of carbonyl (C=O) groups excluding carboxylic acids is 1. The molecule has 17 heavy (non-hydrogen) atoms. The Hall–Kier alpha value is -1.37. The molecule has 2 aliphatic rings. The maximum absolute atomic E-state index is 11.7. The zero-order valence-electron chi connectivity index (χ0n) is 10.6. The van der Waals surface area contributed by atoms with Crippen LogP contribution < -0.4 is 0 Å². The van der Waals surface area contributed by atoms with Gasteiger partial charge in [0.05, 0.1) is 0 Å². The number of carbonyl (C=O) groups is 1. The third-order valence-corrected chi connectivity index (χ3v) is 4.07. The summed E-state index contributed by atoms with van der Waals surface area (Å²) in [5.41, 5.74) is 8.00. The lowest BCUT2D eigenvalue weighted by Crippen LogP contribution is -2.01. The molecule has 0 saturated carbocycles. The molecule has 0 N–H and O–H groups in total. The summed E-state index contributed by atoms with van der Waals surface area (Å²) >= 11 is 0. The fourth-order valence-corrected chi connectivity index (χ4v) is 3.29. The van der Waals surface area contributed by atoms with E-state index in [4.69, 9.17) is 0 Å². The average Bonchev–Trinajstić information content (AvgIpc) is 2.66. The number of fused-ring (bicyclic) bond motifs is 2. The first-order valence-corrected chi connectivity index (χ1v) is 6.52. The van der Waals surface area contributed by atoms with Gasteiger partial charge < -0.3 is 0 Å². The number of hydrogen-bond acceptors (Lipinski definition) is 1. The SMILES string of the molecule is CC(=O)c1cc(C)cc2c1CC1=C2CCCC1. The van der Waals surface area contributed by atoms with Crippen LogP contribution in [-0.4, -0.2) is 5.78 Å². The Morgan fingerprint density at radius 1 is 1.18 bits per heavy atom. The molecule has 88 valence electrons. The van der Waals surface area contributed by atoms with Crippen LogP contribution in [0.2, 0.25) is 0 Å². The molecule has 1 aromatic carbocycles. The summed E-state index contributed by atoms with van der Waals surface area (Å²) in [6, 6.07) is 4.33. The molecular weight excluding hydrogens is 208 g/mol. The molecule has 0 aliphatic heterocycles. The van der Waals surface area contributed by atoms with Gasteiger partial charge in [0, 0.05) is 5.56 Å². The van der Waals surface area contributed by atoms with E-state index in [-0.39, 0.29) is 5.78 Å². The Morgan fingerprint density at radius 2 is 1.94 bits per heavy atom. The summed E-state index contributed by atoms with van der Waals surface area (Å²) in [5, 5.41) is 0. The Labute approximate surface area is 103 Å². The second kappa shape index (κ2) is 3.83. The number of ketones is 1. The lowest BCUT2D eigenvalue weighted by atomic mass is 9.91. The highest BCUT2D eigenvalue weighted by molar-refractivity contribution is 5.98. The van der Waals surface area contributed by atoms with Crippen molar-refractivity contribution in [2.75, 3.05) is 0 Å². The van der Waals surface area contributed by atoms with Gasteiger partial charge in [-0.1, -0.05) is 11.6 Å². The van der Waals surface area contributed by atoms with Crippen molar-refractivity contribution < 1.29 is 4.79 Å². The lowest BCUT2D eigenvalue weighted by Gasteiger charge is -2.14. The van der Waals surface area contributed by atoms with Crippen molar-refractivity contribution in [1.82, 2.24) is 0 Å². The van der Waals surface area contributed by atoms with E-state index in [0.717, 1.165) is 12.0 Å². The standard InChI is InChI=1S/C16H18O/c1-10-7-14(11(2)17)16-9-12-5-3-4-6-13(12)15(16)8-10/h7-8H,3-6,9H2,1-2H3. The van der Waals surface area contributed by atoms with Gasteiger partial charge in [0.1, 0.15) is 0 Å². The van der Waals surface area contributed by atoms with Gasteiger partial charge >= 0.3 is 0 Å². The van der Waals surface area contributed by atoms with Gasteiger partial charge in [-0.3, -0.25) is 4.79 Å². The van der Waals surface area contributed by atoms with Gasteiger partial charge in [-0.15, -0.1) is 0 Å². The summed E-state index contributed by atoms with van der Waals surface area (Å²) in [5.74, 6) is 0.213. The minimum Gasteiger partial charge on any atom is -0.295 e. The quantitative estimate of drug-likeness (QED) is 0.659. The van der Waals surface area contributed by atoms with E-state index < -0.39 is 0 Å². The van der Waals surface area contributed by atoms with Crippen LogP contribution in [0.5, 0.6) is 0 Å². The Morgan fingerprint density at radius 3 is 2.71 bits per heavy atom. The molecule has 0 amide bonds. The smallest absolute Gasteiger partial charge is 0.160 e. The molecule has 0 atom stereocenters. The maximum Gasteiger partial charge on any atom is 0.160 e. The lowest BCUT2D eigenvalue weighted by molar-refractivity contribution is 0.101. The first kappa shape index (κ1) is 10.8. The van der Waals surface area contributed by atoms with E-state index in [2.05, 4.69) is 19.1 Å². The Kier molecular flexibility index (Phi) is 2.43. The molecule has 0 aromatic heterocycles. The summed E-state index contributed by atoms with van der Waals surface area (Å²) in [7, 11) is 0. The van der Waals surface area contributed by atoms with Crippen LogP contribution in [-0.2, 0) is 6.42 Å². The maximum atomic E-state index is 11.7. The average molecular weight is 226 g/mol. The number of Topliss-reactive ketones (excluding diaryl/α,β-unsaturated/α-hetero) is 1. The predicted octanol–water partition coefficient (Wildman–Crippen LogP) is 4.08. The van der Waals surface area contributed by atoms with E-state index in [1.165, 1.54) is 42.4 Å². The van der Waals surface area contributed by atoms with Crippen molar-refractivity contribution in [3.63, 3.8) is 0 Å². The van der Waals surface area contributed by atoms with E-state index in [0.29, 0.717) is 0 Å². The second-order valence-electron chi connectivity index (χ2n) is 5.36. The third kappa shape index (κ3) is 1.65. The Bertz CT molecular complexity index is 535. The minimum absolute atomic E-state index is 0.213. The monoisotopic (exact) mass is 226 g/mol. The first-order valence-electron chi connectivity index (χ1n) is 6.52. The second-order valence-corrected chi connectivity index (χ2v) is 5.36. The third-order valence-electron chi connectivity index (χ3n) is 4.07. The fraction of sp³-hybridized carbons (Fsp3) is 0.438. The summed E-state index contributed by atoms with van der Waals surface area (Å²) < 4.78 is 0. The molecule has 0 heterocycles. The van der Waals surface area contributed by atoms with Crippen LogP contribution in [0.3, 0.4) is 0 Å². The number of hydrogen-bond donors (Lipinski definition) is 0. The highest BCUT2D eigenvalue weighted by atomic mass is 16.1. The topological polar surface area (TPSA) is 17.1 Å². The molecule has 1 aromatic rings. The zero-order valence-corrected chi connectivity index (χ0v) is 10.6. The predicted molar refractivity (Wildman–Crippen MR) is 70.3 cm³/mol. The van der Waals surface area contributed by atoms with Gasteiger partial charge in [-0.2, -0.15) is 0 Å². The van der Waals surface area contributed by atoms with E-state index >= 15 is 0 Å². The van der Waals surface area contributed by atoms with Gasteiger partial charge in [0.25, 0.3) is 0 Å². The number of allylic oxidation sites excluding steroid dienone is 2. The van der Waals surface area contributed by atoms with E-state index in [9.17, 15) is 4.79 Å². The fourth-order valence-electron chi connectivity index (χ4n) is 3.29. The van der Waals surface area contributed by atoms with Gasteiger partial charge in [0.2, 0.25) is 0 Å².